The second-order valence-corrected chi connectivity index (χ2v) is 6.35. The van der Waals surface area contributed by atoms with Gasteiger partial charge in [-0.2, -0.15) is 0 Å². The van der Waals surface area contributed by atoms with Crippen molar-refractivity contribution in [3.8, 4) is 11.3 Å². The van der Waals surface area contributed by atoms with Crippen molar-refractivity contribution in [1.29, 1.82) is 0 Å². The number of benzene rings is 2. The lowest BCUT2D eigenvalue weighted by Gasteiger charge is -2.11. The number of hydrogen-bond donors (Lipinski definition) is 2. The van der Waals surface area contributed by atoms with E-state index >= 15 is 0 Å². The van der Waals surface area contributed by atoms with Gasteiger partial charge >= 0.3 is 0 Å². The zero-order valence-electron chi connectivity index (χ0n) is 15.7. The number of halogens is 1. The number of furan rings is 1. The van der Waals surface area contributed by atoms with Gasteiger partial charge in [0, 0.05) is 31.1 Å². The molecule has 2 aromatic carbocycles. The van der Waals surface area contributed by atoms with E-state index in [1.165, 1.54) is 6.07 Å². The van der Waals surface area contributed by atoms with E-state index in [0.29, 0.717) is 40.3 Å². The monoisotopic (exact) mass is 380 g/mol. The highest BCUT2D eigenvalue weighted by Crippen LogP contribution is 2.25. The van der Waals surface area contributed by atoms with Gasteiger partial charge in [-0.3, -0.25) is 9.59 Å². The molecule has 0 atom stereocenters. The third-order valence-corrected chi connectivity index (χ3v) is 4.48. The summed E-state index contributed by atoms with van der Waals surface area (Å²) in [4.78, 5) is 24.2. The van der Waals surface area contributed by atoms with E-state index < -0.39 is 0 Å². The SMILES string of the molecule is CNC(=O)c1cccc(NC(=O)CCc2ccc(-c3ccccc3F)o2)c1C. The molecule has 1 aromatic heterocycles. The highest BCUT2D eigenvalue weighted by atomic mass is 19.1. The normalized spacial score (nSPS) is 10.5. The van der Waals surface area contributed by atoms with Crippen molar-refractivity contribution in [2.24, 2.45) is 0 Å². The molecular weight excluding hydrogens is 359 g/mol. The number of anilines is 1. The minimum atomic E-state index is -0.354. The maximum absolute atomic E-state index is 13.8. The Kier molecular flexibility index (Phi) is 5.89. The molecule has 28 heavy (non-hydrogen) atoms. The van der Waals surface area contributed by atoms with Crippen LogP contribution < -0.4 is 10.6 Å². The molecular formula is C22H21FN2O3. The molecule has 0 radical (unpaired) electrons. The molecule has 0 aliphatic carbocycles. The number of hydrogen-bond acceptors (Lipinski definition) is 3. The Hall–Kier alpha value is -3.41. The molecule has 0 fully saturated rings. The van der Waals surface area contributed by atoms with Crippen LogP contribution in [0.25, 0.3) is 11.3 Å². The lowest BCUT2D eigenvalue weighted by Crippen LogP contribution is -2.20. The van der Waals surface area contributed by atoms with Crippen LogP contribution in [0.4, 0.5) is 10.1 Å². The van der Waals surface area contributed by atoms with Gasteiger partial charge in [0.2, 0.25) is 5.91 Å². The molecule has 2 amide bonds. The van der Waals surface area contributed by atoms with Gasteiger partial charge in [-0.1, -0.05) is 18.2 Å². The van der Waals surface area contributed by atoms with Crippen molar-refractivity contribution in [2.75, 3.05) is 12.4 Å². The Bertz CT molecular complexity index is 1010. The van der Waals surface area contributed by atoms with Crippen LogP contribution in [0, 0.1) is 12.7 Å². The number of aryl methyl sites for hydroxylation is 1. The fourth-order valence-electron chi connectivity index (χ4n) is 2.92. The van der Waals surface area contributed by atoms with Gasteiger partial charge in [0.05, 0.1) is 5.56 Å². The Morgan fingerprint density at radius 2 is 1.82 bits per heavy atom. The first-order valence-electron chi connectivity index (χ1n) is 8.94. The maximum atomic E-state index is 13.8. The summed E-state index contributed by atoms with van der Waals surface area (Å²) in [5, 5.41) is 5.41. The van der Waals surface area contributed by atoms with E-state index in [4.69, 9.17) is 4.42 Å². The molecule has 144 valence electrons. The molecule has 0 saturated carbocycles. The van der Waals surface area contributed by atoms with Gasteiger partial charge < -0.3 is 15.1 Å². The summed E-state index contributed by atoms with van der Waals surface area (Å²) in [6.45, 7) is 1.79. The predicted octanol–water partition coefficient (Wildman–Crippen LogP) is 4.33. The number of rotatable bonds is 6. The number of amides is 2. The van der Waals surface area contributed by atoms with Crippen LogP contribution in [0.5, 0.6) is 0 Å². The van der Waals surface area contributed by atoms with Crippen LogP contribution >= 0.6 is 0 Å². The second kappa shape index (κ2) is 8.52. The minimum absolute atomic E-state index is 0.194. The van der Waals surface area contributed by atoms with E-state index in [1.54, 1.807) is 62.5 Å². The van der Waals surface area contributed by atoms with Crippen LogP contribution in [0.1, 0.15) is 28.1 Å². The van der Waals surface area contributed by atoms with Crippen LogP contribution in [-0.2, 0) is 11.2 Å². The molecule has 5 nitrogen and oxygen atoms in total. The van der Waals surface area contributed by atoms with Crippen molar-refractivity contribution in [2.45, 2.75) is 19.8 Å². The van der Waals surface area contributed by atoms with E-state index in [9.17, 15) is 14.0 Å². The summed E-state index contributed by atoms with van der Waals surface area (Å²) >= 11 is 0. The Balaban J connectivity index is 1.63. The molecule has 3 rings (SSSR count). The summed E-state index contributed by atoms with van der Waals surface area (Å²) in [7, 11) is 1.56. The van der Waals surface area contributed by atoms with Gasteiger partial charge in [0.15, 0.2) is 0 Å². The predicted molar refractivity (Wildman–Crippen MR) is 106 cm³/mol. The zero-order chi connectivity index (χ0) is 20.1. The molecule has 0 saturated heterocycles. The van der Waals surface area contributed by atoms with Crippen molar-refractivity contribution in [1.82, 2.24) is 5.32 Å². The van der Waals surface area contributed by atoms with Gasteiger partial charge in [-0.05, 0) is 48.9 Å². The Morgan fingerprint density at radius 1 is 1.04 bits per heavy atom. The largest absolute Gasteiger partial charge is 0.461 e. The van der Waals surface area contributed by atoms with Crippen molar-refractivity contribution in [3.05, 3.63) is 77.3 Å². The van der Waals surface area contributed by atoms with E-state index in [1.807, 2.05) is 0 Å². The van der Waals surface area contributed by atoms with Crippen LogP contribution in [-0.4, -0.2) is 18.9 Å². The quantitative estimate of drug-likeness (QED) is 0.669. The van der Waals surface area contributed by atoms with Crippen LogP contribution in [0.3, 0.4) is 0 Å². The molecule has 2 N–H and O–H groups in total. The second-order valence-electron chi connectivity index (χ2n) is 6.35. The summed E-state index contributed by atoms with van der Waals surface area (Å²) in [6, 6.07) is 15.0. The fourth-order valence-corrected chi connectivity index (χ4v) is 2.92. The molecule has 0 spiro atoms. The van der Waals surface area contributed by atoms with Crippen LogP contribution in [0.15, 0.2) is 59.0 Å². The number of carbonyl (C=O) groups excluding carboxylic acids is 2. The summed E-state index contributed by atoms with van der Waals surface area (Å²) in [5.41, 5.74) is 2.20. The van der Waals surface area contributed by atoms with E-state index in [-0.39, 0.29) is 24.1 Å². The lowest BCUT2D eigenvalue weighted by molar-refractivity contribution is -0.116. The third-order valence-electron chi connectivity index (χ3n) is 4.48. The van der Waals surface area contributed by atoms with Gasteiger partial charge in [0.25, 0.3) is 5.91 Å². The van der Waals surface area contributed by atoms with Crippen molar-refractivity contribution < 1.29 is 18.4 Å². The molecule has 1 heterocycles. The first-order chi connectivity index (χ1) is 13.5. The molecule has 0 aliphatic rings. The highest BCUT2D eigenvalue weighted by Gasteiger charge is 2.13. The van der Waals surface area contributed by atoms with E-state index in [0.717, 1.165) is 0 Å². The average molecular weight is 380 g/mol. The molecule has 0 aliphatic heterocycles. The minimum Gasteiger partial charge on any atom is -0.461 e. The lowest BCUT2D eigenvalue weighted by atomic mass is 10.1. The number of nitrogens with one attached hydrogen (secondary N) is 2. The summed E-state index contributed by atoms with van der Waals surface area (Å²) < 4.78 is 19.5. The first kappa shape index (κ1) is 19.4. The molecule has 0 bridgehead atoms. The highest BCUT2D eigenvalue weighted by molar-refractivity contribution is 5.99. The fraction of sp³-hybridized carbons (Fsp3) is 0.182. The smallest absolute Gasteiger partial charge is 0.251 e. The average Bonchev–Trinajstić information content (AvgIpc) is 3.16. The third kappa shape index (κ3) is 4.28. The first-order valence-corrected chi connectivity index (χ1v) is 8.94. The zero-order valence-corrected chi connectivity index (χ0v) is 15.7. The summed E-state index contributed by atoms with van der Waals surface area (Å²) in [5.74, 6) is 0.283. The van der Waals surface area contributed by atoms with Gasteiger partial charge in [-0.25, -0.2) is 4.39 Å². The maximum Gasteiger partial charge on any atom is 0.251 e. The van der Waals surface area contributed by atoms with Gasteiger partial charge in [0.1, 0.15) is 17.3 Å². The number of carbonyl (C=O) groups is 2. The Morgan fingerprint density at radius 3 is 2.57 bits per heavy atom. The molecule has 0 unspecified atom stereocenters. The standard InChI is InChI=1S/C22H21FN2O3/c1-14-16(22(27)24-2)7-5-9-19(14)25-21(26)13-11-15-10-12-20(28-15)17-6-3-4-8-18(17)23/h3-10,12H,11,13H2,1-2H3,(H,24,27)(H,25,26). The van der Waals surface area contributed by atoms with Crippen molar-refractivity contribution >= 4 is 17.5 Å². The van der Waals surface area contributed by atoms with E-state index in [2.05, 4.69) is 10.6 Å². The van der Waals surface area contributed by atoms with Gasteiger partial charge in [-0.15, -0.1) is 0 Å². The topological polar surface area (TPSA) is 71.3 Å². The van der Waals surface area contributed by atoms with Crippen molar-refractivity contribution in [3.63, 3.8) is 0 Å². The Labute approximate surface area is 162 Å². The summed E-state index contributed by atoms with van der Waals surface area (Å²) in [6.07, 6.45) is 0.586. The molecule has 3 aromatic rings. The molecule has 6 heteroatoms. The van der Waals surface area contributed by atoms with Crippen LogP contribution in [0.2, 0.25) is 0 Å².